The normalized spacial score (nSPS) is 11.9. The number of nitrogen functional groups attached to an aromatic ring is 1. The van der Waals surface area contributed by atoms with Crippen molar-refractivity contribution in [2.24, 2.45) is 5.10 Å². The number of hydrogen-bond acceptors (Lipinski definition) is 6. The number of nitrogens with zero attached hydrogens (tertiary/aromatic N) is 2. The van der Waals surface area contributed by atoms with Crippen molar-refractivity contribution < 1.29 is 26.7 Å². The lowest BCUT2D eigenvalue weighted by molar-refractivity contribution is -0.274. The largest absolute Gasteiger partial charge is 0.573 e. The molecule has 0 aliphatic heterocycles. The fourth-order valence-corrected chi connectivity index (χ4v) is 1.92. The van der Waals surface area contributed by atoms with Crippen LogP contribution in [0.3, 0.4) is 0 Å². The van der Waals surface area contributed by atoms with Gasteiger partial charge in [0.15, 0.2) is 11.6 Å². The molecule has 2 aromatic rings. The Labute approximate surface area is 124 Å². The number of hydrogen-bond donors (Lipinski definition) is 2. The van der Waals surface area contributed by atoms with Crippen molar-refractivity contribution in [3.8, 4) is 5.75 Å². The Morgan fingerprint density at radius 1 is 1.32 bits per heavy atom. The zero-order valence-corrected chi connectivity index (χ0v) is 11.3. The second-order valence-electron chi connectivity index (χ2n) is 3.77. The quantitative estimate of drug-likeness (QED) is 0.509. The molecule has 0 bridgehead atoms. The van der Waals surface area contributed by atoms with E-state index in [0.29, 0.717) is 18.3 Å². The molecule has 3 N–H and O–H groups in total. The summed E-state index contributed by atoms with van der Waals surface area (Å²) in [5.74, 6) is -3.57. The van der Waals surface area contributed by atoms with Crippen LogP contribution in [0.5, 0.6) is 5.75 Å². The predicted molar refractivity (Wildman–Crippen MR) is 70.8 cm³/mol. The van der Waals surface area contributed by atoms with Crippen LogP contribution in [0.15, 0.2) is 22.6 Å². The first-order chi connectivity index (χ1) is 10.3. The molecule has 11 heteroatoms. The summed E-state index contributed by atoms with van der Waals surface area (Å²) in [6.45, 7) is 0. The maximum Gasteiger partial charge on any atom is 0.573 e. The first-order valence-corrected chi connectivity index (χ1v) is 6.38. The summed E-state index contributed by atoms with van der Waals surface area (Å²) < 4.78 is 67.0. The Morgan fingerprint density at radius 3 is 2.64 bits per heavy atom. The molecular formula is C11H7F5N4OS. The Hall–Kier alpha value is -2.43. The number of aromatic nitrogens is 1. The minimum absolute atomic E-state index is 0.209. The van der Waals surface area contributed by atoms with E-state index in [1.807, 2.05) is 0 Å². The number of anilines is 2. The fourth-order valence-electron chi connectivity index (χ4n) is 1.37. The third kappa shape index (κ3) is 4.04. The summed E-state index contributed by atoms with van der Waals surface area (Å²) in [6.07, 6.45) is -4.40. The maximum absolute atomic E-state index is 13.6. The minimum atomic E-state index is -5.05. The number of ether oxygens (including phenoxy) is 1. The van der Waals surface area contributed by atoms with Gasteiger partial charge in [0.05, 0.1) is 11.8 Å². The van der Waals surface area contributed by atoms with E-state index in [1.165, 1.54) is 5.38 Å². The molecule has 0 unspecified atom stereocenters. The molecule has 1 aromatic heterocycles. The second kappa shape index (κ2) is 6.13. The van der Waals surface area contributed by atoms with Gasteiger partial charge in [-0.3, -0.25) is 5.43 Å². The van der Waals surface area contributed by atoms with E-state index in [9.17, 15) is 22.0 Å². The van der Waals surface area contributed by atoms with Crippen molar-refractivity contribution in [1.82, 2.24) is 4.98 Å². The molecule has 118 valence electrons. The van der Waals surface area contributed by atoms with E-state index in [1.54, 1.807) is 0 Å². The smallest absolute Gasteiger partial charge is 0.405 e. The number of thiazole rings is 1. The Bertz CT molecular complexity index is 700. The highest BCUT2D eigenvalue weighted by Crippen LogP contribution is 2.28. The molecule has 0 aliphatic rings. The van der Waals surface area contributed by atoms with Gasteiger partial charge in [0.1, 0.15) is 11.6 Å². The van der Waals surface area contributed by atoms with E-state index in [0.717, 1.165) is 11.3 Å². The predicted octanol–water partition coefficient (Wildman–Crippen LogP) is 3.35. The van der Waals surface area contributed by atoms with Crippen LogP contribution in [0.2, 0.25) is 0 Å². The number of alkyl halides is 3. The zero-order chi connectivity index (χ0) is 16.3. The topological polar surface area (TPSA) is 72.5 Å². The lowest BCUT2D eigenvalue weighted by atomic mass is 10.2. The Morgan fingerprint density at radius 2 is 2.05 bits per heavy atom. The molecule has 2 rings (SSSR count). The van der Waals surface area contributed by atoms with Gasteiger partial charge in [-0.05, 0) is 12.1 Å². The second-order valence-corrected chi connectivity index (χ2v) is 4.63. The van der Waals surface area contributed by atoms with Gasteiger partial charge in [-0.15, -0.1) is 24.5 Å². The molecule has 0 saturated carbocycles. The van der Waals surface area contributed by atoms with Crippen LogP contribution in [0, 0.1) is 11.6 Å². The SMILES string of the molecule is Nc1csc(NN=Cc2c(OC(F)(F)F)ccc(F)c2F)n1. The standard InChI is InChI=1S/C11H7F5N4OS/c12-6-1-2-7(21-11(14,15)16)5(9(6)13)3-18-20-10-19-8(17)4-22-10/h1-4H,17H2,(H,19,20). The van der Waals surface area contributed by atoms with Crippen molar-refractivity contribution in [2.75, 3.05) is 11.2 Å². The van der Waals surface area contributed by atoms with Crippen LogP contribution in [0.1, 0.15) is 5.56 Å². The van der Waals surface area contributed by atoms with Gasteiger partial charge in [0.25, 0.3) is 0 Å². The lowest BCUT2D eigenvalue weighted by Crippen LogP contribution is -2.18. The molecule has 0 aliphatic carbocycles. The van der Waals surface area contributed by atoms with Gasteiger partial charge in [0.2, 0.25) is 5.13 Å². The van der Waals surface area contributed by atoms with E-state index in [2.05, 4.69) is 20.2 Å². The maximum atomic E-state index is 13.6. The van der Waals surface area contributed by atoms with Crippen molar-refractivity contribution in [3.63, 3.8) is 0 Å². The van der Waals surface area contributed by atoms with Crippen LogP contribution in [-0.4, -0.2) is 17.6 Å². The highest BCUT2D eigenvalue weighted by atomic mass is 32.1. The number of nitrogens with two attached hydrogens (primary N) is 1. The van der Waals surface area contributed by atoms with Gasteiger partial charge >= 0.3 is 6.36 Å². The molecule has 0 spiro atoms. The molecule has 0 atom stereocenters. The van der Waals surface area contributed by atoms with Gasteiger partial charge in [-0.2, -0.15) is 5.10 Å². The van der Waals surface area contributed by atoms with Gasteiger partial charge in [-0.1, -0.05) is 0 Å². The molecule has 5 nitrogen and oxygen atoms in total. The highest BCUT2D eigenvalue weighted by molar-refractivity contribution is 7.14. The molecule has 1 heterocycles. The van der Waals surface area contributed by atoms with Gasteiger partial charge in [-0.25, -0.2) is 13.8 Å². The summed E-state index contributed by atoms with van der Waals surface area (Å²) in [5, 5.41) is 5.19. The number of hydrazone groups is 1. The zero-order valence-electron chi connectivity index (χ0n) is 10.5. The summed E-state index contributed by atoms with van der Waals surface area (Å²) >= 11 is 1.07. The number of rotatable bonds is 4. The third-order valence-corrected chi connectivity index (χ3v) is 2.96. The van der Waals surface area contributed by atoms with Crippen molar-refractivity contribution in [1.29, 1.82) is 0 Å². The Balaban J connectivity index is 2.25. The summed E-state index contributed by atoms with van der Waals surface area (Å²) in [7, 11) is 0. The highest BCUT2D eigenvalue weighted by Gasteiger charge is 2.33. The van der Waals surface area contributed by atoms with E-state index in [4.69, 9.17) is 5.73 Å². The van der Waals surface area contributed by atoms with Gasteiger partial charge in [0, 0.05) is 5.38 Å². The monoisotopic (exact) mass is 338 g/mol. The first kappa shape index (κ1) is 15.9. The number of halogens is 5. The first-order valence-electron chi connectivity index (χ1n) is 5.50. The molecule has 0 saturated heterocycles. The van der Waals surface area contributed by atoms with Crippen LogP contribution >= 0.6 is 11.3 Å². The van der Waals surface area contributed by atoms with Crippen molar-refractivity contribution in [3.05, 3.63) is 34.7 Å². The van der Waals surface area contributed by atoms with Gasteiger partial charge < -0.3 is 10.5 Å². The lowest BCUT2D eigenvalue weighted by Gasteiger charge is -2.11. The third-order valence-electron chi connectivity index (χ3n) is 2.19. The van der Waals surface area contributed by atoms with Crippen molar-refractivity contribution in [2.45, 2.75) is 6.36 Å². The molecule has 0 amide bonds. The summed E-state index contributed by atoms with van der Waals surface area (Å²) in [5.41, 5.74) is 6.88. The summed E-state index contributed by atoms with van der Waals surface area (Å²) in [4.78, 5) is 3.76. The molecule has 0 radical (unpaired) electrons. The Kier molecular flexibility index (Phi) is 4.45. The van der Waals surface area contributed by atoms with E-state index < -0.39 is 29.3 Å². The minimum Gasteiger partial charge on any atom is -0.405 e. The van der Waals surface area contributed by atoms with Crippen LogP contribution in [0.4, 0.5) is 32.9 Å². The average molecular weight is 338 g/mol. The van der Waals surface area contributed by atoms with E-state index in [-0.39, 0.29) is 10.9 Å². The van der Waals surface area contributed by atoms with Crippen molar-refractivity contribution >= 4 is 28.5 Å². The van der Waals surface area contributed by atoms with E-state index >= 15 is 0 Å². The fraction of sp³-hybridized carbons (Fsp3) is 0.0909. The molecule has 1 aromatic carbocycles. The average Bonchev–Trinajstić information content (AvgIpc) is 2.82. The van der Waals surface area contributed by atoms with Crippen LogP contribution in [0.25, 0.3) is 0 Å². The van der Waals surface area contributed by atoms with Crippen LogP contribution in [-0.2, 0) is 0 Å². The van der Waals surface area contributed by atoms with Crippen LogP contribution < -0.4 is 15.9 Å². The summed E-state index contributed by atoms with van der Waals surface area (Å²) in [6, 6.07) is 1.16. The molecule has 22 heavy (non-hydrogen) atoms. The number of nitrogens with one attached hydrogen (secondary N) is 1. The molecule has 0 fully saturated rings. The molecular weight excluding hydrogens is 331 g/mol. The number of benzene rings is 1.